The van der Waals surface area contributed by atoms with Gasteiger partial charge in [-0.2, -0.15) is 0 Å². The van der Waals surface area contributed by atoms with Crippen LogP contribution >= 0.6 is 0 Å². The Kier molecular flexibility index (Phi) is 4.39. The lowest BCUT2D eigenvalue weighted by Crippen LogP contribution is -2.09. The van der Waals surface area contributed by atoms with Crippen LogP contribution < -0.4 is 0 Å². The predicted molar refractivity (Wildman–Crippen MR) is 86.7 cm³/mol. The smallest absolute Gasteiger partial charge is 0.0894 e. The fourth-order valence-corrected chi connectivity index (χ4v) is 2.76. The lowest BCUT2D eigenvalue weighted by Gasteiger charge is -2.16. The molecule has 108 valence electrons. The minimum atomic E-state index is 0.487. The summed E-state index contributed by atoms with van der Waals surface area (Å²) in [6.45, 7) is 2.00. The quantitative estimate of drug-likeness (QED) is 0.790. The van der Waals surface area contributed by atoms with Gasteiger partial charge in [-0.3, -0.25) is 9.98 Å². The van der Waals surface area contributed by atoms with E-state index in [4.69, 9.17) is 4.99 Å². The van der Waals surface area contributed by atoms with Crippen molar-refractivity contribution in [1.82, 2.24) is 9.97 Å². The van der Waals surface area contributed by atoms with Crippen molar-refractivity contribution in [1.29, 1.82) is 0 Å². The molecule has 0 radical (unpaired) electrons. The van der Waals surface area contributed by atoms with Crippen molar-refractivity contribution in [2.75, 3.05) is 0 Å². The van der Waals surface area contributed by atoms with Gasteiger partial charge in [-0.15, -0.1) is 0 Å². The summed E-state index contributed by atoms with van der Waals surface area (Å²) >= 11 is 0. The van der Waals surface area contributed by atoms with Crippen LogP contribution in [0.15, 0.2) is 41.4 Å². The van der Waals surface area contributed by atoms with E-state index < -0.39 is 0 Å². The predicted octanol–water partition coefficient (Wildman–Crippen LogP) is 4.20. The molecule has 3 heteroatoms. The SMILES string of the molecule is Cc1cccc(-c2cccc(C=NC3CCCCC3)n2)n1. The Labute approximate surface area is 126 Å². The second-order valence-corrected chi connectivity index (χ2v) is 5.68. The van der Waals surface area contributed by atoms with E-state index >= 15 is 0 Å². The first kappa shape index (κ1) is 13.9. The van der Waals surface area contributed by atoms with Gasteiger partial charge >= 0.3 is 0 Å². The summed E-state index contributed by atoms with van der Waals surface area (Å²) in [5.74, 6) is 0. The largest absolute Gasteiger partial charge is 0.288 e. The molecule has 0 N–H and O–H groups in total. The lowest BCUT2D eigenvalue weighted by atomic mass is 9.96. The Morgan fingerprint density at radius 3 is 2.43 bits per heavy atom. The van der Waals surface area contributed by atoms with Gasteiger partial charge in [0.15, 0.2) is 0 Å². The molecule has 1 aliphatic rings. The van der Waals surface area contributed by atoms with E-state index in [1.165, 1.54) is 32.1 Å². The Bertz CT molecular complexity index is 628. The van der Waals surface area contributed by atoms with Gasteiger partial charge in [0.25, 0.3) is 0 Å². The summed E-state index contributed by atoms with van der Waals surface area (Å²) in [4.78, 5) is 13.9. The molecule has 0 aliphatic heterocycles. The zero-order valence-corrected chi connectivity index (χ0v) is 12.5. The second kappa shape index (κ2) is 6.61. The third-order valence-corrected chi connectivity index (χ3v) is 3.91. The zero-order valence-electron chi connectivity index (χ0n) is 12.5. The molecule has 0 bridgehead atoms. The van der Waals surface area contributed by atoms with Crippen molar-refractivity contribution in [3.63, 3.8) is 0 Å². The summed E-state index contributed by atoms with van der Waals surface area (Å²) < 4.78 is 0. The maximum absolute atomic E-state index is 4.70. The normalized spacial score (nSPS) is 16.4. The molecule has 2 heterocycles. The average Bonchev–Trinajstić information content (AvgIpc) is 2.54. The second-order valence-electron chi connectivity index (χ2n) is 5.68. The van der Waals surface area contributed by atoms with Crippen molar-refractivity contribution in [3.8, 4) is 11.4 Å². The molecule has 0 spiro atoms. The molecule has 0 unspecified atom stereocenters. The highest BCUT2D eigenvalue weighted by Crippen LogP contribution is 2.20. The number of aryl methyl sites for hydroxylation is 1. The molecule has 21 heavy (non-hydrogen) atoms. The summed E-state index contributed by atoms with van der Waals surface area (Å²) in [5.41, 5.74) is 3.76. The van der Waals surface area contributed by atoms with Gasteiger partial charge in [0.1, 0.15) is 0 Å². The fraction of sp³-hybridized carbons (Fsp3) is 0.389. The number of aromatic nitrogens is 2. The summed E-state index contributed by atoms with van der Waals surface area (Å²) in [5, 5.41) is 0. The highest BCUT2D eigenvalue weighted by atomic mass is 14.8. The summed E-state index contributed by atoms with van der Waals surface area (Å²) in [6.07, 6.45) is 8.34. The highest BCUT2D eigenvalue weighted by molar-refractivity contribution is 5.78. The van der Waals surface area contributed by atoms with Crippen LogP contribution in [0.25, 0.3) is 11.4 Å². The molecular weight excluding hydrogens is 258 g/mol. The number of hydrogen-bond acceptors (Lipinski definition) is 3. The number of nitrogens with zero attached hydrogens (tertiary/aromatic N) is 3. The van der Waals surface area contributed by atoms with E-state index in [-0.39, 0.29) is 0 Å². The van der Waals surface area contributed by atoms with E-state index in [0.29, 0.717) is 6.04 Å². The van der Waals surface area contributed by atoms with Crippen molar-refractivity contribution in [2.24, 2.45) is 4.99 Å². The van der Waals surface area contributed by atoms with E-state index in [1.54, 1.807) is 0 Å². The molecule has 0 saturated heterocycles. The minimum absolute atomic E-state index is 0.487. The molecule has 0 atom stereocenters. The lowest BCUT2D eigenvalue weighted by molar-refractivity contribution is 0.444. The topological polar surface area (TPSA) is 38.1 Å². The van der Waals surface area contributed by atoms with E-state index in [9.17, 15) is 0 Å². The molecule has 2 aromatic rings. The number of pyridine rings is 2. The Hall–Kier alpha value is -2.03. The van der Waals surface area contributed by atoms with Crippen LogP contribution in [0, 0.1) is 6.92 Å². The number of aliphatic imine (C=N–C) groups is 1. The van der Waals surface area contributed by atoms with Crippen LogP contribution in [0.5, 0.6) is 0 Å². The first-order valence-corrected chi connectivity index (χ1v) is 7.75. The third kappa shape index (κ3) is 3.75. The number of rotatable bonds is 3. The highest BCUT2D eigenvalue weighted by Gasteiger charge is 2.10. The molecule has 1 aliphatic carbocycles. The van der Waals surface area contributed by atoms with Gasteiger partial charge in [-0.05, 0) is 44.0 Å². The molecule has 1 saturated carbocycles. The molecule has 3 rings (SSSR count). The van der Waals surface area contributed by atoms with Crippen molar-refractivity contribution in [2.45, 2.75) is 45.1 Å². The van der Waals surface area contributed by atoms with Crippen molar-refractivity contribution in [3.05, 3.63) is 47.8 Å². The molecule has 1 fully saturated rings. The Morgan fingerprint density at radius 2 is 1.67 bits per heavy atom. The average molecular weight is 279 g/mol. The maximum atomic E-state index is 4.70. The maximum Gasteiger partial charge on any atom is 0.0894 e. The van der Waals surface area contributed by atoms with Crippen LogP contribution in [0.2, 0.25) is 0 Å². The van der Waals surface area contributed by atoms with E-state index in [0.717, 1.165) is 22.8 Å². The van der Waals surface area contributed by atoms with Gasteiger partial charge in [-0.25, -0.2) is 4.98 Å². The first-order chi connectivity index (χ1) is 10.3. The summed E-state index contributed by atoms with van der Waals surface area (Å²) in [6, 6.07) is 12.5. The zero-order chi connectivity index (χ0) is 14.5. The number of hydrogen-bond donors (Lipinski definition) is 0. The van der Waals surface area contributed by atoms with Crippen LogP contribution in [-0.4, -0.2) is 22.2 Å². The third-order valence-electron chi connectivity index (χ3n) is 3.91. The Balaban J connectivity index is 1.78. The van der Waals surface area contributed by atoms with Crippen molar-refractivity contribution >= 4 is 6.21 Å². The van der Waals surface area contributed by atoms with E-state index in [2.05, 4.69) is 9.97 Å². The van der Waals surface area contributed by atoms with Gasteiger partial charge in [0, 0.05) is 11.9 Å². The molecular formula is C18H21N3. The fourth-order valence-electron chi connectivity index (χ4n) is 2.76. The van der Waals surface area contributed by atoms with Crippen LogP contribution in [-0.2, 0) is 0 Å². The van der Waals surface area contributed by atoms with Gasteiger partial charge in [-0.1, -0.05) is 31.4 Å². The monoisotopic (exact) mass is 279 g/mol. The van der Waals surface area contributed by atoms with Gasteiger partial charge in [0.2, 0.25) is 0 Å². The van der Waals surface area contributed by atoms with Gasteiger partial charge in [0.05, 0.1) is 23.1 Å². The molecule has 0 amide bonds. The molecule has 3 nitrogen and oxygen atoms in total. The molecule has 0 aromatic carbocycles. The van der Waals surface area contributed by atoms with Crippen LogP contribution in [0.1, 0.15) is 43.5 Å². The minimum Gasteiger partial charge on any atom is -0.288 e. The first-order valence-electron chi connectivity index (χ1n) is 7.75. The van der Waals surface area contributed by atoms with Crippen LogP contribution in [0.4, 0.5) is 0 Å². The van der Waals surface area contributed by atoms with Crippen molar-refractivity contribution < 1.29 is 0 Å². The van der Waals surface area contributed by atoms with E-state index in [1.807, 2.05) is 49.5 Å². The van der Waals surface area contributed by atoms with Gasteiger partial charge < -0.3 is 0 Å². The van der Waals surface area contributed by atoms with Crippen LogP contribution in [0.3, 0.4) is 0 Å². The Morgan fingerprint density at radius 1 is 0.952 bits per heavy atom. The summed E-state index contributed by atoms with van der Waals surface area (Å²) in [7, 11) is 0. The molecule has 2 aromatic heterocycles. The standard InChI is InChI=1S/C18H21N3/c1-14-7-5-11-17(20-14)18-12-6-10-16(21-18)13-19-15-8-3-2-4-9-15/h5-7,10-13,15H,2-4,8-9H2,1H3.